The molecule has 2 N–H and O–H groups in total. The molecule has 2 aromatic heterocycles. The van der Waals surface area contributed by atoms with Crippen LogP contribution in [0, 0.1) is 0 Å². The maximum Gasteiger partial charge on any atom is 0.237 e. The van der Waals surface area contributed by atoms with Crippen molar-refractivity contribution in [2.24, 2.45) is 12.8 Å². The Bertz CT molecular complexity index is 526. The smallest absolute Gasteiger partial charge is 0.237 e. The van der Waals surface area contributed by atoms with Crippen molar-refractivity contribution in [2.75, 3.05) is 13.7 Å². The summed E-state index contributed by atoms with van der Waals surface area (Å²) in [4.78, 5) is 4.26. The van der Waals surface area contributed by atoms with Gasteiger partial charge in [-0.05, 0) is 0 Å². The van der Waals surface area contributed by atoms with Crippen LogP contribution >= 0.6 is 11.8 Å². The summed E-state index contributed by atoms with van der Waals surface area (Å²) in [6.45, 7) is 0.945. The predicted octanol–water partition coefficient (Wildman–Crippen LogP) is 0.138. The number of rotatable bonds is 7. The Morgan fingerprint density at radius 3 is 2.95 bits per heavy atom. The minimum Gasteiger partial charge on any atom is -0.384 e. The van der Waals surface area contributed by atoms with Crippen molar-refractivity contribution < 1.29 is 9.26 Å². The monoisotopic (exact) mass is 284 g/mol. The fraction of sp³-hybridized carbons (Fsp3) is 0.600. The molecule has 19 heavy (non-hydrogen) atoms. The van der Waals surface area contributed by atoms with Crippen LogP contribution < -0.4 is 5.73 Å². The van der Waals surface area contributed by atoms with Crippen LogP contribution in [0.15, 0.2) is 9.68 Å². The van der Waals surface area contributed by atoms with E-state index in [0.717, 1.165) is 11.0 Å². The van der Waals surface area contributed by atoms with Gasteiger partial charge in [0.15, 0.2) is 11.0 Å². The van der Waals surface area contributed by atoms with Crippen LogP contribution in [-0.2, 0) is 30.5 Å². The van der Waals surface area contributed by atoms with E-state index in [0.29, 0.717) is 37.0 Å². The molecule has 0 unspecified atom stereocenters. The average Bonchev–Trinajstić information content (AvgIpc) is 3.01. The second-order valence-electron chi connectivity index (χ2n) is 3.80. The molecule has 0 spiro atoms. The molecule has 2 rings (SSSR count). The first kappa shape index (κ1) is 14.0. The van der Waals surface area contributed by atoms with E-state index in [1.54, 1.807) is 7.11 Å². The molecule has 2 heterocycles. The zero-order valence-electron chi connectivity index (χ0n) is 10.9. The summed E-state index contributed by atoms with van der Waals surface area (Å²) in [7, 11) is 3.52. The summed E-state index contributed by atoms with van der Waals surface area (Å²) in [6.07, 6.45) is 0.645. The van der Waals surface area contributed by atoms with E-state index < -0.39 is 0 Å². The van der Waals surface area contributed by atoms with Gasteiger partial charge < -0.3 is 19.6 Å². The number of nitrogens with two attached hydrogens (primary N) is 1. The lowest BCUT2D eigenvalue weighted by molar-refractivity contribution is 0.199. The predicted molar refractivity (Wildman–Crippen MR) is 68.3 cm³/mol. The highest BCUT2D eigenvalue weighted by Crippen LogP contribution is 2.20. The first-order valence-corrected chi connectivity index (χ1v) is 6.74. The molecule has 0 saturated heterocycles. The van der Waals surface area contributed by atoms with E-state index in [1.807, 2.05) is 11.6 Å². The van der Waals surface area contributed by atoms with Gasteiger partial charge in [-0.25, -0.2) is 0 Å². The summed E-state index contributed by atoms with van der Waals surface area (Å²) >= 11 is 1.48. The highest BCUT2D eigenvalue weighted by molar-refractivity contribution is 7.98. The first-order chi connectivity index (χ1) is 9.24. The van der Waals surface area contributed by atoms with Gasteiger partial charge in [0.05, 0.1) is 18.9 Å². The highest BCUT2D eigenvalue weighted by Gasteiger charge is 2.11. The molecule has 9 heteroatoms. The number of methoxy groups -OCH3 is 1. The summed E-state index contributed by atoms with van der Waals surface area (Å²) in [5, 5.41) is 12.7. The van der Waals surface area contributed by atoms with Gasteiger partial charge in [-0.1, -0.05) is 16.9 Å². The van der Waals surface area contributed by atoms with Crippen LogP contribution in [0.3, 0.4) is 0 Å². The third kappa shape index (κ3) is 3.52. The van der Waals surface area contributed by atoms with Crippen LogP contribution in [0.2, 0.25) is 0 Å². The van der Waals surface area contributed by atoms with Crippen molar-refractivity contribution in [3.8, 4) is 0 Å². The summed E-state index contributed by atoms with van der Waals surface area (Å²) in [5.74, 6) is 2.51. The second-order valence-corrected chi connectivity index (χ2v) is 4.74. The maximum atomic E-state index is 5.54. The van der Waals surface area contributed by atoms with Crippen LogP contribution in [0.25, 0.3) is 0 Å². The van der Waals surface area contributed by atoms with Crippen molar-refractivity contribution in [1.82, 2.24) is 24.9 Å². The van der Waals surface area contributed by atoms with E-state index in [4.69, 9.17) is 15.0 Å². The summed E-state index contributed by atoms with van der Waals surface area (Å²) in [6, 6.07) is 0. The fourth-order valence-electron chi connectivity index (χ4n) is 1.42. The van der Waals surface area contributed by atoms with Crippen molar-refractivity contribution in [3.05, 3.63) is 17.5 Å². The molecular formula is C10H16N6O2S. The topological polar surface area (TPSA) is 105 Å². The Kier molecular flexibility index (Phi) is 4.88. The van der Waals surface area contributed by atoms with E-state index in [1.165, 1.54) is 11.8 Å². The van der Waals surface area contributed by atoms with Gasteiger partial charge in [0.2, 0.25) is 5.89 Å². The standard InChI is InChI=1S/C10H16N6O2S/c1-16-8(5-11)13-14-10(16)19-6-9-12-7(15-18-9)3-4-17-2/h3-6,11H2,1-2H3. The molecule has 2 aromatic rings. The molecule has 0 radical (unpaired) electrons. The van der Waals surface area contributed by atoms with Crippen molar-refractivity contribution >= 4 is 11.8 Å². The number of thioether (sulfide) groups is 1. The van der Waals surface area contributed by atoms with Crippen molar-refractivity contribution in [3.63, 3.8) is 0 Å². The number of ether oxygens (including phenoxy) is 1. The molecule has 0 aliphatic carbocycles. The average molecular weight is 284 g/mol. The Balaban J connectivity index is 1.91. The summed E-state index contributed by atoms with van der Waals surface area (Å²) < 4.78 is 11.9. The van der Waals surface area contributed by atoms with E-state index in [2.05, 4.69) is 20.3 Å². The zero-order valence-corrected chi connectivity index (χ0v) is 11.7. The molecular weight excluding hydrogens is 268 g/mol. The van der Waals surface area contributed by atoms with E-state index >= 15 is 0 Å². The third-order valence-corrected chi connectivity index (χ3v) is 3.48. The lowest BCUT2D eigenvalue weighted by Gasteiger charge is -1.99. The molecule has 0 aliphatic rings. The lowest BCUT2D eigenvalue weighted by Crippen LogP contribution is -2.05. The lowest BCUT2D eigenvalue weighted by atomic mass is 10.4. The Hall–Kier alpha value is -1.45. The Morgan fingerprint density at radius 1 is 1.42 bits per heavy atom. The van der Waals surface area contributed by atoms with Gasteiger partial charge in [0.25, 0.3) is 0 Å². The fourth-order valence-corrected chi connectivity index (χ4v) is 2.19. The van der Waals surface area contributed by atoms with Crippen molar-refractivity contribution in [1.29, 1.82) is 0 Å². The van der Waals surface area contributed by atoms with Gasteiger partial charge >= 0.3 is 0 Å². The molecule has 0 fully saturated rings. The normalized spacial score (nSPS) is 11.1. The highest BCUT2D eigenvalue weighted by atomic mass is 32.2. The van der Waals surface area contributed by atoms with Gasteiger partial charge in [-0.15, -0.1) is 10.2 Å². The Labute approximate surface area is 114 Å². The van der Waals surface area contributed by atoms with Gasteiger partial charge in [0.1, 0.15) is 5.82 Å². The SMILES string of the molecule is COCCc1noc(CSc2nnc(CN)n2C)n1. The first-order valence-electron chi connectivity index (χ1n) is 5.76. The maximum absolute atomic E-state index is 5.54. The van der Waals surface area contributed by atoms with Crippen molar-refractivity contribution in [2.45, 2.75) is 23.9 Å². The second kappa shape index (κ2) is 6.64. The molecule has 0 atom stereocenters. The number of hydrogen-bond acceptors (Lipinski definition) is 8. The third-order valence-electron chi connectivity index (χ3n) is 2.47. The van der Waals surface area contributed by atoms with Gasteiger partial charge in [0, 0.05) is 20.6 Å². The largest absolute Gasteiger partial charge is 0.384 e. The van der Waals surface area contributed by atoms with Crippen LogP contribution in [-0.4, -0.2) is 38.6 Å². The molecule has 8 nitrogen and oxygen atoms in total. The molecule has 0 saturated carbocycles. The molecule has 0 aromatic carbocycles. The number of hydrogen-bond donors (Lipinski definition) is 1. The van der Waals surface area contributed by atoms with Gasteiger partial charge in [-0.2, -0.15) is 4.98 Å². The molecule has 0 aliphatic heterocycles. The number of aromatic nitrogens is 5. The quantitative estimate of drug-likeness (QED) is 0.716. The Morgan fingerprint density at radius 2 is 2.26 bits per heavy atom. The molecule has 0 bridgehead atoms. The molecule has 104 valence electrons. The summed E-state index contributed by atoms with van der Waals surface area (Å²) in [5.41, 5.74) is 5.54. The minimum atomic E-state index is 0.367. The minimum absolute atomic E-state index is 0.367. The van der Waals surface area contributed by atoms with E-state index in [9.17, 15) is 0 Å². The van der Waals surface area contributed by atoms with Crippen LogP contribution in [0.1, 0.15) is 17.5 Å². The van der Waals surface area contributed by atoms with E-state index in [-0.39, 0.29) is 0 Å². The van der Waals surface area contributed by atoms with Crippen LogP contribution in [0.4, 0.5) is 0 Å². The van der Waals surface area contributed by atoms with Gasteiger partial charge in [-0.3, -0.25) is 0 Å². The van der Waals surface area contributed by atoms with Crippen LogP contribution in [0.5, 0.6) is 0 Å². The zero-order chi connectivity index (χ0) is 13.7. The number of nitrogens with zero attached hydrogens (tertiary/aromatic N) is 5. The molecule has 0 amide bonds.